The van der Waals surface area contributed by atoms with Gasteiger partial charge in [0.1, 0.15) is 30.5 Å². The predicted molar refractivity (Wildman–Crippen MR) is 152 cm³/mol. The molecule has 0 bridgehead atoms. The van der Waals surface area contributed by atoms with Crippen molar-refractivity contribution >= 4 is 29.8 Å². The van der Waals surface area contributed by atoms with Crippen LogP contribution in [0.4, 0.5) is 0 Å². The molecule has 0 radical (unpaired) electrons. The molecule has 3 aromatic rings. The third-order valence-electron chi connectivity index (χ3n) is 5.33. The van der Waals surface area contributed by atoms with E-state index in [0.717, 1.165) is 12.2 Å². The number of carbonyl (C=O) groups excluding carboxylic acids is 5. The second-order valence-electron chi connectivity index (χ2n) is 8.51. The highest BCUT2D eigenvalue weighted by molar-refractivity contribution is 5.93. The molecule has 0 atom stereocenters. The molecule has 222 valence electrons. The maximum Gasteiger partial charge on any atom is 0.343 e. The minimum atomic E-state index is -0.777. The van der Waals surface area contributed by atoms with Crippen molar-refractivity contribution in [3.63, 3.8) is 0 Å². The van der Waals surface area contributed by atoms with E-state index in [0.29, 0.717) is 12.2 Å². The van der Waals surface area contributed by atoms with Gasteiger partial charge in [0, 0.05) is 18.6 Å². The van der Waals surface area contributed by atoms with Crippen molar-refractivity contribution in [3.05, 3.63) is 103 Å². The van der Waals surface area contributed by atoms with Gasteiger partial charge in [-0.3, -0.25) is 4.79 Å². The Balaban J connectivity index is 1.59. The summed E-state index contributed by atoms with van der Waals surface area (Å²) >= 11 is 0. The molecule has 0 aliphatic rings. The Bertz CT molecular complexity index is 1490. The van der Waals surface area contributed by atoms with Crippen molar-refractivity contribution in [1.82, 2.24) is 0 Å². The van der Waals surface area contributed by atoms with Crippen molar-refractivity contribution in [2.24, 2.45) is 0 Å². The largest absolute Gasteiger partial charge is 0.490 e. The van der Waals surface area contributed by atoms with Crippen LogP contribution in [0.15, 0.2) is 92.0 Å². The topological polar surface area (TPSA) is 141 Å². The third kappa shape index (κ3) is 10.0. The lowest BCUT2D eigenvalue weighted by Crippen LogP contribution is -2.13. The molecule has 0 saturated carbocycles. The third-order valence-corrected chi connectivity index (χ3v) is 5.33. The minimum absolute atomic E-state index is 0.0263. The number of ether oxygens (including phenoxy) is 6. The van der Waals surface area contributed by atoms with Crippen LogP contribution in [0.5, 0.6) is 28.7 Å². The second-order valence-corrected chi connectivity index (χ2v) is 8.51. The van der Waals surface area contributed by atoms with E-state index in [2.05, 4.69) is 13.2 Å². The van der Waals surface area contributed by atoms with Crippen molar-refractivity contribution in [3.8, 4) is 28.7 Å². The smallest absolute Gasteiger partial charge is 0.343 e. The average Bonchev–Trinajstić information content (AvgIpc) is 3.01. The van der Waals surface area contributed by atoms with Gasteiger partial charge in [-0.2, -0.15) is 0 Å². The minimum Gasteiger partial charge on any atom is -0.490 e. The predicted octanol–water partition coefficient (Wildman–Crippen LogP) is 5.03. The lowest BCUT2D eigenvalue weighted by molar-refractivity contribution is -0.138. The van der Waals surface area contributed by atoms with Gasteiger partial charge in [0.05, 0.1) is 11.1 Å². The van der Waals surface area contributed by atoms with Crippen molar-refractivity contribution in [2.75, 3.05) is 13.2 Å². The molecule has 0 aromatic heterocycles. The number of rotatable bonds is 14. The summed E-state index contributed by atoms with van der Waals surface area (Å²) in [4.78, 5) is 60.0. The van der Waals surface area contributed by atoms with Gasteiger partial charge in [0.25, 0.3) is 0 Å². The molecule has 0 aliphatic carbocycles. The fourth-order valence-electron chi connectivity index (χ4n) is 3.28. The van der Waals surface area contributed by atoms with Crippen LogP contribution in [0.2, 0.25) is 0 Å². The molecule has 0 aliphatic heterocycles. The van der Waals surface area contributed by atoms with E-state index < -0.39 is 29.8 Å². The van der Waals surface area contributed by atoms with E-state index in [1.165, 1.54) is 54.6 Å². The SMILES string of the molecule is C=CC(=O)OCCOc1ccc(C(=O)Oc2ccc(OC(=O)c3ccc(OC(=O)C=C)c(OC(=O)CCC)c3)cc2)cc1. The number of hydrogen-bond acceptors (Lipinski definition) is 11. The number of esters is 5. The number of carbonyl (C=O) groups is 5. The summed E-state index contributed by atoms with van der Waals surface area (Å²) in [5.74, 6) is -2.66. The van der Waals surface area contributed by atoms with Gasteiger partial charge in [0.2, 0.25) is 0 Å². The average molecular weight is 589 g/mol. The zero-order chi connectivity index (χ0) is 31.2. The normalized spacial score (nSPS) is 10.1. The first-order valence-corrected chi connectivity index (χ1v) is 13.0. The highest BCUT2D eigenvalue weighted by Crippen LogP contribution is 2.30. The molecular formula is C32H28O11. The first-order valence-electron chi connectivity index (χ1n) is 13.0. The Kier molecular flexibility index (Phi) is 11.8. The van der Waals surface area contributed by atoms with Crippen molar-refractivity contribution < 1.29 is 52.4 Å². The molecule has 43 heavy (non-hydrogen) atoms. The van der Waals surface area contributed by atoms with Gasteiger partial charge in [0.15, 0.2) is 11.5 Å². The first kappa shape index (κ1) is 31.8. The van der Waals surface area contributed by atoms with E-state index in [1.54, 1.807) is 19.1 Å². The molecule has 0 amide bonds. The van der Waals surface area contributed by atoms with Gasteiger partial charge in [-0.15, -0.1) is 0 Å². The summed E-state index contributed by atoms with van der Waals surface area (Å²) in [6.07, 6.45) is 2.66. The quantitative estimate of drug-likeness (QED) is 0.108. The Morgan fingerprint density at radius 1 is 0.628 bits per heavy atom. The van der Waals surface area contributed by atoms with Gasteiger partial charge in [-0.25, -0.2) is 19.2 Å². The van der Waals surface area contributed by atoms with E-state index in [9.17, 15) is 24.0 Å². The molecule has 0 saturated heterocycles. The molecule has 0 N–H and O–H groups in total. The van der Waals surface area contributed by atoms with Crippen LogP contribution in [-0.2, 0) is 19.1 Å². The summed E-state index contributed by atoms with van der Waals surface area (Å²) in [7, 11) is 0. The van der Waals surface area contributed by atoms with E-state index in [1.807, 2.05) is 0 Å². The monoisotopic (exact) mass is 588 g/mol. The molecule has 3 aromatic carbocycles. The molecule has 11 heteroatoms. The van der Waals surface area contributed by atoms with Crippen molar-refractivity contribution in [1.29, 1.82) is 0 Å². The second kappa shape index (κ2) is 15.9. The summed E-state index contributed by atoms with van der Waals surface area (Å²) in [5, 5.41) is 0. The van der Waals surface area contributed by atoms with Crippen molar-refractivity contribution in [2.45, 2.75) is 19.8 Å². The standard InChI is InChI=1S/C32H28O11/c1-4-7-30(35)43-27-20-22(10-17-26(27)42-29(34)6-3)32(37)41-25-15-13-24(14-16-25)40-31(36)21-8-11-23(12-9-21)38-18-19-39-28(33)5-2/h5-6,8-17,20H,2-4,7,18-19H2,1H3. The molecule has 0 spiro atoms. The van der Waals surface area contributed by atoms with Crippen LogP contribution in [-0.4, -0.2) is 43.1 Å². The zero-order valence-electron chi connectivity index (χ0n) is 23.2. The molecule has 3 rings (SSSR count). The number of benzene rings is 3. The van der Waals surface area contributed by atoms with Crippen LogP contribution in [0.3, 0.4) is 0 Å². The number of hydrogen-bond donors (Lipinski definition) is 0. The van der Waals surface area contributed by atoms with Gasteiger partial charge >= 0.3 is 29.8 Å². The summed E-state index contributed by atoms with van der Waals surface area (Å²) in [5.41, 5.74) is 0.289. The highest BCUT2D eigenvalue weighted by Gasteiger charge is 2.18. The Morgan fingerprint density at radius 2 is 1.19 bits per heavy atom. The summed E-state index contributed by atoms with van der Waals surface area (Å²) in [6, 6.07) is 15.8. The lowest BCUT2D eigenvalue weighted by Gasteiger charge is -2.11. The zero-order valence-corrected chi connectivity index (χ0v) is 23.2. The molecule has 0 fully saturated rings. The Labute approximate surface area is 247 Å². The Morgan fingerprint density at radius 3 is 1.77 bits per heavy atom. The maximum absolute atomic E-state index is 12.8. The van der Waals surface area contributed by atoms with E-state index >= 15 is 0 Å². The van der Waals surface area contributed by atoms with Crippen LogP contribution in [0, 0.1) is 0 Å². The lowest BCUT2D eigenvalue weighted by atomic mass is 10.2. The fraction of sp³-hybridized carbons (Fsp3) is 0.156. The fourth-order valence-corrected chi connectivity index (χ4v) is 3.28. The van der Waals surface area contributed by atoms with Crippen LogP contribution >= 0.6 is 0 Å². The first-order chi connectivity index (χ1) is 20.7. The molecule has 0 heterocycles. The van der Waals surface area contributed by atoms with Gasteiger partial charge < -0.3 is 28.4 Å². The summed E-state index contributed by atoms with van der Waals surface area (Å²) < 4.78 is 31.4. The van der Waals surface area contributed by atoms with Gasteiger partial charge in [-0.1, -0.05) is 20.1 Å². The van der Waals surface area contributed by atoms with Gasteiger partial charge in [-0.05, 0) is 73.2 Å². The molecule has 0 unspecified atom stereocenters. The molecule has 11 nitrogen and oxygen atoms in total. The Hall–Kier alpha value is -5.71. The summed E-state index contributed by atoms with van der Waals surface area (Å²) in [6.45, 7) is 8.60. The van der Waals surface area contributed by atoms with E-state index in [-0.39, 0.29) is 53.8 Å². The van der Waals surface area contributed by atoms with Crippen LogP contribution in [0.25, 0.3) is 0 Å². The van der Waals surface area contributed by atoms with E-state index in [4.69, 9.17) is 28.4 Å². The van der Waals surface area contributed by atoms with Crippen LogP contribution in [0.1, 0.15) is 40.5 Å². The maximum atomic E-state index is 12.8. The molecular weight excluding hydrogens is 560 g/mol. The highest BCUT2D eigenvalue weighted by atomic mass is 16.6. The van der Waals surface area contributed by atoms with Crippen LogP contribution < -0.4 is 23.7 Å².